The predicted octanol–water partition coefficient (Wildman–Crippen LogP) is 3.52. The highest BCUT2D eigenvalue weighted by molar-refractivity contribution is 7.19. The molecule has 0 radical (unpaired) electrons. The van der Waals surface area contributed by atoms with E-state index in [-0.39, 0.29) is 24.5 Å². The fourth-order valence-electron chi connectivity index (χ4n) is 2.24. The third-order valence-electron chi connectivity index (χ3n) is 3.18. The zero-order valence-corrected chi connectivity index (χ0v) is 12.8. The van der Waals surface area contributed by atoms with Crippen molar-refractivity contribution in [3.8, 4) is 0 Å². The molecule has 5 nitrogen and oxygen atoms in total. The molecule has 0 aliphatic rings. The van der Waals surface area contributed by atoms with E-state index < -0.39 is 11.9 Å². The number of carbonyl (C=O) groups excluding carboxylic acids is 1. The Balaban J connectivity index is 2.28. The standard InChI is InChI=1S/C15H17NO4S/c1-3-20-15(17)8-12(9-16(18)19)14-7-11-6-10(2)4-5-13(11)21-14/h4-7,12H,3,8-9H2,1-2H3. The largest absolute Gasteiger partial charge is 0.466 e. The van der Waals surface area contributed by atoms with Crippen LogP contribution in [0.5, 0.6) is 0 Å². The number of carbonyl (C=O) groups is 1. The molecule has 0 bridgehead atoms. The second-order valence-corrected chi connectivity index (χ2v) is 6.03. The van der Waals surface area contributed by atoms with Crippen LogP contribution in [0.4, 0.5) is 0 Å². The normalized spacial score (nSPS) is 12.3. The summed E-state index contributed by atoms with van der Waals surface area (Å²) in [6, 6.07) is 8.01. The van der Waals surface area contributed by atoms with Crippen LogP contribution < -0.4 is 0 Å². The molecule has 112 valence electrons. The first-order valence-corrected chi connectivity index (χ1v) is 7.58. The van der Waals surface area contributed by atoms with E-state index in [0.29, 0.717) is 0 Å². The van der Waals surface area contributed by atoms with Crippen molar-refractivity contribution in [3.05, 3.63) is 44.8 Å². The number of esters is 1. The summed E-state index contributed by atoms with van der Waals surface area (Å²) in [5.74, 6) is -0.824. The Labute approximate surface area is 126 Å². The lowest BCUT2D eigenvalue weighted by Crippen LogP contribution is -2.17. The molecule has 0 fully saturated rings. The van der Waals surface area contributed by atoms with Gasteiger partial charge in [0.2, 0.25) is 6.54 Å². The van der Waals surface area contributed by atoms with Crippen LogP contribution in [0.1, 0.15) is 29.7 Å². The van der Waals surface area contributed by atoms with Crippen molar-refractivity contribution < 1.29 is 14.5 Å². The van der Waals surface area contributed by atoms with Crippen molar-refractivity contribution in [2.24, 2.45) is 0 Å². The molecule has 0 N–H and O–H groups in total. The molecule has 0 spiro atoms. The van der Waals surface area contributed by atoms with Gasteiger partial charge in [0.1, 0.15) is 0 Å². The quantitative estimate of drug-likeness (QED) is 0.465. The number of benzene rings is 1. The second kappa shape index (κ2) is 6.67. The molecule has 1 unspecified atom stereocenters. The van der Waals surface area contributed by atoms with E-state index in [1.165, 1.54) is 11.3 Å². The van der Waals surface area contributed by atoms with Gasteiger partial charge in [-0.3, -0.25) is 14.9 Å². The number of fused-ring (bicyclic) bond motifs is 1. The third-order valence-corrected chi connectivity index (χ3v) is 4.46. The highest BCUT2D eigenvalue weighted by atomic mass is 32.1. The minimum atomic E-state index is -0.434. The van der Waals surface area contributed by atoms with Crippen LogP contribution in [0.2, 0.25) is 0 Å². The van der Waals surface area contributed by atoms with Gasteiger partial charge in [0, 0.05) is 14.5 Å². The summed E-state index contributed by atoms with van der Waals surface area (Å²) in [5, 5.41) is 11.9. The van der Waals surface area contributed by atoms with Gasteiger partial charge >= 0.3 is 5.97 Å². The fourth-order valence-corrected chi connectivity index (χ4v) is 3.38. The molecule has 1 atom stereocenters. The number of ether oxygens (including phenoxy) is 1. The maximum Gasteiger partial charge on any atom is 0.306 e. The van der Waals surface area contributed by atoms with Gasteiger partial charge < -0.3 is 4.74 Å². The molecule has 2 rings (SSSR count). The van der Waals surface area contributed by atoms with Crippen LogP contribution in [0.25, 0.3) is 10.1 Å². The Bertz CT molecular complexity index is 665. The first-order chi connectivity index (χ1) is 9.99. The van der Waals surface area contributed by atoms with Gasteiger partial charge in [-0.05, 0) is 31.4 Å². The Morgan fingerprint density at radius 1 is 1.43 bits per heavy atom. The molecule has 0 aliphatic carbocycles. The van der Waals surface area contributed by atoms with Gasteiger partial charge in [-0.15, -0.1) is 11.3 Å². The van der Waals surface area contributed by atoms with E-state index >= 15 is 0 Å². The summed E-state index contributed by atoms with van der Waals surface area (Å²) in [5.41, 5.74) is 1.14. The SMILES string of the molecule is CCOC(=O)CC(C[N+](=O)[O-])c1cc2cc(C)ccc2s1. The number of aryl methyl sites for hydroxylation is 1. The molecule has 0 saturated carbocycles. The van der Waals surface area contributed by atoms with Crippen molar-refractivity contribution in [3.63, 3.8) is 0 Å². The Hall–Kier alpha value is -1.95. The van der Waals surface area contributed by atoms with E-state index in [2.05, 4.69) is 0 Å². The molecule has 21 heavy (non-hydrogen) atoms. The second-order valence-electron chi connectivity index (χ2n) is 4.91. The molecular formula is C15H17NO4S. The summed E-state index contributed by atoms with van der Waals surface area (Å²) in [6.07, 6.45) is 0.0423. The summed E-state index contributed by atoms with van der Waals surface area (Å²) in [7, 11) is 0. The van der Waals surface area contributed by atoms with Crippen LogP contribution in [0.15, 0.2) is 24.3 Å². The van der Waals surface area contributed by atoms with Gasteiger partial charge in [0.25, 0.3) is 0 Å². The maximum absolute atomic E-state index is 11.6. The van der Waals surface area contributed by atoms with Gasteiger partial charge in [-0.1, -0.05) is 17.7 Å². The number of thiophene rings is 1. The van der Waals surface area contributed by atoms with Crippen molar-refractivity contribution >= 4 is 27.4 Å². The summed E-state index contributed by atoms with van der Waals surface area (Å²) >= 11 is 1.50. The van der Waals surface area contributed by atoms with Crippen LogP contribution in [0.3, 0.4) is 0 Å². The zero-order chi connectivity index (χ0) is 15.4. The third kappa shape index (κ3) is 4.01. The number of hydrogen-bond donors (Lipinski definition) is 0. The van der Waals surface area contributed by atoms with Crippen LogP contribution in [0, 0.1) is 17.0 Å². The van der Waals surface area contributed by atoms with E-state index in [1.54, 1.807) is 6.92 Å². The van der Waals surface area contributed by atoms with Crippen molar-refractivity contribution in [2.45, 2.75) is 26.2 Å². The number of hydrogen-bond acceptors (Lipinski definition) is 5. The first kappa shape index (κ1) is 15.4. The lowest BCUT2D eigenvalue weighted by Gasteiger charge is -2.09. The summed E-state index contributed by atoms with van der Waals surface area (Å²) in [4.78, 5) is 23.0. The van der Waals surface area contributed by atoms with E-state index in [0.717, 1.165) is 20.5 Å². The zero-order valence-electron chi connectivity index (χ0n) is 12.0. The van der Waals surface area contributed by atoms with Crippen LogP contribution in [-0.4, -0.2) is 24.0 Å². The van der Waals surface area contributed by atoms with Gasteiger partial charge in [0.15, 0.2) is 0 Å². The maximum atomic E-state index is 11.6. The number of nitro groups is 1. The molecule has 0 aliphatic heterocycles. The smallest absolute Gasteiger partial charge is 0.306 e. The molecule has 0 amide bonds. The van der Waals surface area contributed by atoms with Crippen LogP contribution in [-0.2, 0) is 9.53 Å². The van der Waals surface area contributed by atoms with E-state index in [1.807, 2.05) is 31.2 Å². The minimum absolute atomic E-state index is 0.0423. The van der Waals surface area contributed by atoms with Crippen molar-refractivity contribution in [1.82, 2.24) is 0 Å². The summed E-state index contributed by atoms with van der Waals surface area (Å²) < 4.78 is 5.99. The molecule has 1 aromatic heterocycles. The molecular weight excluding hydrogens is 290 g/mol. The summed E-state index contributed by atoms with van der Waals surface area (Å²) in [6.45, 7) is 3.76. The highest BCUT2D eigenvalue weighted by Crippen LogP contribution is 2.33. The molecule has 2 aromatic rings. The minimum Gasteiger partial charge on any atom is -0.466 e. The predicted molar refractivity (Wildman–Crippen MR) is 82.4 cm³/mol. The topological polar surface area (TPSA) is 69.4 Å². The van der Waals surface area contributed by atoms with Gasteiger partial charge in [-0.25, -0.2) is 0 Å². The van der Waals surface area contributed by atoms with Gasteiger partial charge in [-0.2, -0.15) is 0 Å². The molecule has 1 heterocycles. The lowest BCUT2D eigenvalue weighted by atomic mass is 10.0. The molecule has 1 aromatic carbocycles. The number of rotatable bonds is 6. The highest BCUT2D eigenvalue weighted by Gasteiger charge is 2.24. The average molecular weight is 307 g/mol. The number of nitrogens with zero attached hydrogens (tertiary/aromatic N) is 1. The monoisotopic (exact) mass is 307 g/mol. The molecule has 0 saturated heterocycles. The fraction of sp³-hybridized carbons (Fsp3) is 0.400. The van der Waals surface area contributed by atoms with Gasteiger partial charge in [0.05, 0.1) is 18.9 Å². The lowest BCUT2D eigenvalue weighted by molar-refractivity contribution is -0.483. The molecule has 6 heteroatoms. The Morgan fingerprint density at radius 3 is 2.86 bits per heavy atom. The van der Waals surface area contributed by atoms with E-state index in [4.69, 9.17) is 4.74 Å². The average Bonchev–Trinajstić information content (AvgIpc) is 2.80. The Kier molecular flexibility index (Phi) is 4.90. The van der Waals surface area contributed by atoms with Crippen molar-refractivity contribution in [2.75, 3.05) is 13.2 Å². The van der Waals surface area contributed by atoms with Crippen LogP contribution >= 0.6 is 11.3 Å². The Morgan fingerprint density at radius 2 is 2.19 bits per heavy atom. The first-order valence-electron chi connectivity index (χ1n) is 6.77. The van der Waals surface area contributed by atoms with E-state index in [9.17, 15) is 14.9 Å². The van der Waals surface area contributed by atoms with Crippen molar-refractivity contribution in [1.29, 1.82) is 0 Å².